The van der Waals surface area contributed by atoms with Crippen molar-refractivity contribution in [2.24, 2.45) is 5.10 Å². The molecule has 4 rings (SSSR count). The zero-order chi connectivity index (χ0) is 20.4. The van der Waals surface area contributed by atoms with E-state index in [-0.39, 0.29) is 28.7 Å². The lowest BCUT2D eigenvalue weighted by Gasteiger charge is -2.06. The molecular formula is C16H15N9O4. The summed E-state index contributed by atoms with van der Waals surface area (Å²) < 4.78 is 5.79. The molecule has 0 unspecified atom stereocenters. The lowest BCUT2D eigenvalue weighted by molar-refractivity contribution is -0.384. The summed E-state index contributed by atoms with van der Waals surface area (Å²) in [5.74, 6) is -0.609. The van der Waals surface area contributed by atoms with Crippen LogP contribution in [0.3, 0.4) is 0 Å². The number of carbonyl (C=O) groups excluding carboxylic acids is 1. The van der Waals surface area contributed by atoms with E-state index in [9.17, 15) is 14.9 Å². The number of nitrogens with two attached hydrogens (primary N) is 1. The highest BCUT2D eigenvalue weighted by Gasteiger charge is 2.25. The summed E-state index contributed by atoms with van der Waals surface area (Å²) in [5, 5.41) is 30.1. The van der Waals surface area contributed by atoms with Crippen molar-refractivity contribution >= 4 is 23.1 Å². The second kappa shape index (κ2) is 7.46. The first-order valence-electron chi connectivity index (χ1n) is 8.69. The van der Waals surface area contributed by atoms with E-state index in [2.05, 4.69) is 35.8 Å². The highest BCUT2D eigenvalue weighted by atomic mass is 16.6. The highest BCUT2D eigenvalue weighted by molar-refractivity contribution is 5.99. The van der Waals surface area contributed by atoms with E-state index in [0.29, 0.717) is 5.56 Å². The number of hydrazone groups is 1. The van der Waals surface area contributed by atoms with Gasteiger partial charge in [0.05, 0.1) is 4.92 Å². The number of hydrogen-bond acceptors (Lipinski definition) is 10. The van der Waals surface area contributed by atoms with Gasteiger partial charge in [0.2, 0.25) is 11.6 Å². The fraction of sp³-hybridized carbons (Fsp3) is 0.250. The molecule has 0 spiro atoms. The van der Waals surface area contributed by atoms with Crippen molar-refractivity contribution in [2.45, 2.75) is 25.7 Å². The Balaban J connectivity index is 1.76. The molecule has 1 aliphatic rings. The fourth-order valence-electron chi connectivity index (χ4n) is 3.00. The Morgan fingerprint density at radius 1 is 1.24 bits per heavy atom. The number of nitro benzene ring substituents is 1. The maximum absolute atomic E-state index is 12.7. The van der Waals surface area contributed by atoms with E-state index < -0.39 is 10.8 Å². The maximum Gasteiger partial charge on any atom is 0.294 e. The van der Waals surface area contributed by atoms with Gasteiger partial charge in [-0.2, -0.15) is 9.78 Å². The van der Waals surface area contributed by atoms with Gasteiger partial charge in [0.25, 0.3) is 11.6 Å². The van der Waals surface area contributed by atoms with E-state index in [1.165, 1.54) is 28.9 Å². The van der Waals surface area contributed by atoms with E-state index >= 15 is 0 Å². The number of nitrogens with zero attached hydrogens (tertiary/aromatic N) is 7. The maximum atomic E-state index is 12.7. The average molecular weight is 397 g/mol. The van der Waals surface area contributed by atoms with Crippen LogP contribution in [0.25, 0.3) is 17.1 Å². The van der Waals surface area contributed by atoms with Gasteiger partial charge in [0.15, 0.2) is 5.69 Å². The quantitative estimate of drug-likeness (QED) is 0.476. The summed E-state index contributed by atoms with van der Waals surface area (Å²) >= 11 is 0. The Morgan fingerprint density at radius 3 is 2.59 bits per heavy atom. The Bertz CT molecular complexity index is 1090. The molecule has 0 aliphatic heterocycles. The van der Waals surface area contributed by atoms with E-state index in [0.717, 1.165) is 31.4 Å². The van der Waals surface area contributed by atoms with Crippen LogP contribution in [-0.4, -0.2) is 41.8 Å². The lowest BCUT2D eigenvalue weighted by atomic mass is 10.1. The largest absolute Gasteiger partial charge is 0.378 e. The van der Waals surface area contributed by atoms with Crippen molar-refractivity contribution in [2.75, 3.05) is 5.73 Å². The van der Waals surface area contributed by atoms with Crippen LogP contribution in [0.1, 0.15) is 36.2 Å². The van der Waals surface area contributed by atoms with E-state index in [1.807, 2.05) is 0 Å². The Morgan fingerprint density at radius 2 is 1.97 bits per heavy atom. The number of nitrogens with one attached hydrogen (secondary N) is 1. The monoisotopic (exact) mass is 397 g/mol. The Hall–Kier alpha value is -4.16. The molecule has 3 N–H and O–H groups in total. The number of nitro groups is 1. The minimum absolute atomic E-state index is 0.0343. The smallest absolute Gasteiger partial charge is 0.294 e. The average Bonchev–Trinajstić information content (AvgIpc) is 3.46. The first-order valence-corrected chi connectivity index (χ1v) is 8.69. The van der Waals surface area contributed by atoms with Crippen molar-refractivity contribution in [3.05, 3.63) is 40.1 Å². The van der Waals surface area contributed by atoms with Gasteiger partial charge in [-0.1, -0.05) is 5.21 Å². The van der Waals surface area contributed by atoms with Crippen molar-refractivity contribution < 1.29 is 14.3 Å². The first kappa shape index (κ1) is 18.2. The van der Waals surface area contributed by atoms with Crippen LogP contribution in [0, 0.1) is 10.1 Å². The minimum atomic E-state index is -0.584. The summed E-state index contributed by atoms with van der Waals surface area (Å²) in [6.07, 6.45) is 3.75. The summed E-state index contributed by atoms with van der Waals surface area (Å²) in [7, 11) is 0. The predicted molar refractivity (Wildman–Crippen MR) is 99.1 cm³/mol. The van der Waals surface area contributed by atoms with Crippen LogP contribution >= 0.6 is 0 Å². The third-order valence-electron chi connectivity index (χ3n) is 4.43. The number of aromatic nitrogens is 5. The number of anilines is 1. The number of amides is 1. The molecule has 1 aromatic carbocycles. The highest BCUT2D eigenvalue weighted by Crippen LogP contribution is 2.28. The SMILES string of the molecule is Nc1nonc1-n1nnc(C(=O)NN=C2CCCC2)c1-c1ccc([N+](=O)[O-])cc1. The van der Waals surface area contributed by atoms with Crippen molar-refractivity contribution in [3.63, 3.8) is 0 Å². The topological polar surface area (TPSA) is 180 Å². The van der Waals surface area contributed by atoms with Crippen molar-refractivity contribution in [1.82, 2.24) is 30.7 Å². The molecule has 0 atom stereocenters. The van der Waals surface area contributed by atoms with Crippen LogP contribution in [0.4, 0.5) is 11.5 Å². The Labute approximate surface area is 162 Å². The van der Waals surface area contributed by atoms with Gasteiger partial charge in [0, 0.05) is 23.4 Å². The van der Waals surface area contributed by atoms with Crippen molar-refractivity contribution in [3.8, 4) is 17.1 Å². The molecule has 0 saturated heterocycles. The number of rotatable bonds is 5. The molecule has 13 nitrogen and oxygen atoms in total. The molecule has 148 valence electrons. The number of benzene rings is 1. The minimum Gasteiger partial charge on any atom is -0.378 e. The van der Waals surface area contributed by atoms with Gasteiger partial charge in [0.1, 0.15) is 5.69 Å². The molecule has 3 aromatic rings. The predicted octanol–water partition coefficient (Wildman–Crippen LogP) is 1.47. The van der Waals surface area contributed by atoms with Gasteiger partial charge in [-0.3, -0.25) is 14.9 Å². The van der Waals surface area contributed by atoms with Crippen molar-refractivity contribution in [1.29, 1.82) is 0 Å². The van der Waals surface area contributed by atoms with Gasteiger partial charge in [-0.05, 0) is 48.1 Å². The third-order valence-corrected chi connectivity index (χ3v) is 4.43. The normalized spacial score (nSPS) is 13.4. The summed E-state index contributed by atoms with van der Waals surface area (Å²) in [4.78, 5) is 23.1. The van der Waals surface area contributed by atoms with Crippen LogP contribution < -0.4 is 11.2 Å². The van der Waals surface area contributed by atoms with Crippen LogP contribution in [0.5, 0.6) is 0 Å². The zero-order valence-electron chi connectivity index (χ0n) is 15.0. The first-order chi connectivity index (χ1) is 14.0. The van der Waals surface area contributed by atoms with Crippen LogP contribution in [0.2, 0.25) is 0 Å². The number of nitrogen functional groups attached to an aromatic ring is 1. The second-order valence-corrected chi connectivity index (χ2v) is 6.30. The molecule has 1 amide bonds. The Kier molecular flexibility index (Phi) is 4.68. The van der Waals surface area contributed by atoms with Crippen LogP contribution in [-0.2, 0) is 0 Å². The van der Waals surface area contributed by atoms with Gasteiger partial charge >= 0.3 is 0 Å². The van der Waals surface area contributed by atoms with Gasteiger partial charge < -0.3 is 5.73 Å². The van der Waals surface area contributed by atoms with Crippen LogP contribution in [0.15, 0.2) is 34.0 Å². The zero-order valence-corrected chi connectivity index (χ0v) is 15.0. The number of hydrogen-bond donors (Lipinski definition) is 2. The molecule has 1 fully saturated rings. The van der Waals surface area contributed by atoms with E-state index in [1.54, 1.807) is 0 Å². The molecule has 0 bridgehead atoms. The number of non-ortho nitro benzene ring substituents is 1. The lowest BCUT2D eigenvalue weighted by Crippen LogP contribution is -2.20. The molecule has 29 heavy (non-hydrogen) atoms. The molecule has 2 heterocycles. The standard InChI is InChI=1S/C16H15N9O4/c17-14-15(22-29-21-14)24-13(9-5-7-11(8-6-9)25(27)28)12(19-23-24)16(26)20-18-10-3-1-2-4-10/h5-8H,1-4H2,(H2,17,21)(H,20,26). The summed E-state index contributed by atoms with van der Waals surface area (Å²) in [6.45, 7) is 0. The summed E-state index contributed by atoms with van der Waals surface area (Å²) in [6, 6.07) is 5.54. The molecule has 0 radical (unpaired) electrons. The summed E-state index contributed by atoms with van der Waals surface area (Å²) in [5.41, 5.74) is 9.63. The second-order valence-electron chi connectivity index (χ2n) is 6.30. The number of carbonyl (C=O) groups is 1. The molecule has 1 saturated carbocycles. The molecule has 2 aromatic heterocycles. The van der Waals surface area contributed by atoms with Gasteiger partial charge in [-0.25, -0.2) is 10.1 Å². The van der Waals surface area contributed by atoms with Gasteiger partial charge in [-0.15, -0.1) is 5.10 Å². The third kappa shape index (κ3) is 3.52. The molecule has 1 aliphatic carbocycles. The van der Waals surface area contributed by atoms with E-state index in [4.69, 9.17) is 5.73 Å². The molecular weight excluding hydrogens is 382 g/mol. The molecule has 13 heteroatoms. The fourth-order valence-corrected chi connectivity index (χ4v) is 3.00.